The molecule has 1 saturated carbocycles. The molecule has 5 aliphatic rings. The van der Waals surface area contributed by atoms with Crippen LogP contribution in [0.5, 0.6) is 0 Å². The topological polar surface area (TPSA) is 0 Å². The molecular formula is C31H32S. The maximum Gasteiger partial charge on any atom is 0.0402 e. The van der Waals surface area contributed by atoms with Crippen LogP contribution in [0, 0.1) is 11.8 Å². The van der Waals surface area contributed by atoms with Gasteiger partial charge in [-0.2, -0.15) is 10.0 Å². The second kappa shape index (κ2) is 6.00. The Bertz CT molecular complexity index is 1230. The van der Waals surface area contributed by atoms with E-state index < -0.39 is 10.0 Å². The summed E-state index contributed by atoms with van der Waals surface area (Å²) in [4.78, 5) is 0. The van der Waals surface area contributed by atoms with Crippen LogP contribution in [0.15, 0.2) is 96.0 Å². The third kappa shape index (κ3) is 1.71. The summed E-state index contributed by atoms with van der Waals surface area (Å²) in [5.41, 5.74) is 9.44. The van der Waals surface area contributed by atoms with Crippen LogP contribution in [0.25, 0.3) is 11.1 Å². The third-order valence-electron chi connectivity index (χ3n) is 9.50. The molecule has 3 aliphatic carbocycles. The van der Waals surface area contributed by atoms with E-state index in [0.29, 0.717) is 21.8 Å². The van der Waals surface area contributed by atoms with Crippen LogP contribution in [0.1, 0.15) is 44.7 Å². The minimum absolute atomic E-state index is 0.136. The molecule has 5 atom stereocenters. The standard InChI is InChI=1S/C31H32S/c1-5-16-30-29(32(30)17-15-21-18-22(20(3)4)19-28(21)32)25(6-2)31(30)26-13-9-7-11-23(26)24-12-8-10-14-27(24)31/h5,7-15,17-20,25,28-29H,1,6,16H2,2-4H3. The lowest BCUT2D eigenvalue weighted by Crippen LogP contribution is -2.60. The first kappa shape index (κ1) is 19.2. The number of rotatable bonds is 4. The summed E-state index contributed by atoms with van der Waals surface area (Å²) in [7, 11) is -0.945. The second-order valence-electron chi connectivity index (χ2n) is 10.7. The zero-order chi connectivity index (χ0) is 21.9. The molecule has 2 aromatic carbocycles. The van der Waals surface area contributed by atoms with Gasteiger partial charge < -0.3 is 0 Å². The minimum Gasteiger partial charge on any atom is -0.198 e. The van der Waals surface area contributed by atoms with Crippen molar-refractivity contribution in [3.8, 4) is 11.1 Å². The molecule has 2 spiro atoms. The van der Waals surface area contributed by atoms with E-state index in [0.717, 1.165) is 11.7 Å². The summed E-state index contributed by atoms with van der Waals surface area (Å²) >= 11 is 0. The molecule has 2 aromatic rings. The van der Waals surface area contributed by atoms with Gasteiger partial charge in [0.2, 0.25) is 0 Å². The molecule has 5 unspecified atom stereocenters. The van der Waals surface area contributed by atoms with E-state index in [1.165, 1.54) is 17.5 Å². The quantitative estimate of drug-likeness (QED) is 0.337. The Kier molecular flexibility index (Phi) is 3.61. The first-order valence-corrected chi connectivity index (χ1v) is 14.1. The van der Waals surface area contributed by atoms with Crippen LogP contribution in [-0.2, 0) is 5.41 Å². The van der Waals surface area contributed by atoms with Gasteiger partial charge in [-0.1, -0.05) is 100 Å². The van der Waals surface area contributed by atoms with Crippen molar-refractivity contribution in [3.63, 3.8) is 0 Å². The minimum atomic E-state index is -0.945. The van der Waals surface area contributed by atoms with E-state index in [-0.39, 0.29) is 5.41 Å². The van der Waals surface area contributed by atoms with Gasteiger partial charge in [-0.25, -0.2) is 0 Å². The molecule has 7 rings (SSSR count). The number of allylic oxidation sites excluding steroid dienone is 4. The molecule has 2 fully saturated rings. The average Bonchev–Trinajstić information content (AvgIpc) is 3.22. The summed E-state index contributed by atoms with van der Waals surface area (Å²) in [6, 6.07) is 18.7. The number of hydrogen-bond donors (Lipinski definition) is 0. The highest BCUT2D eigenvalue weighted by atomic mass is 32.3. The molecule has 0 amide bonds. The SMILES string of the molecule is C=CCC12C(C(CC)C13c1ccccc1-c1ccccc13)S21C=CC2=CC(C(C)C)=CC21. The van der Waals surface area contributed by atoms with E-state index >= 15 is 0 Å². The van der Waals surface area contributed by atoms with E-state index in [2.05, 4.69) is 106 Å². The van der Waals surface area contributed by atoms with Gasteiger partial charge in [0.15, 0.2) is 0 Å². The van der Waals surface area contributed by atoms with Crippen molar-refractivity contribution in [2.75, 3.05) is 0 Å². The molecule has 1 saturated heterocycles. The van der Waals surface area contributed by atoms with Crippen molar-refractivity contribution in [3.05, 3.63) is 107 Å². The van der Waals surface area contributed by atoms with E-state index in [1.807, 2.05) is 0 Å². The summed E-state index contributed by atoms with van der Waals surface area (Å²) in [6.45, 7) is 11.4. The fourth-order valence-electron chi connectivity index (χ4n) is 8.62. The van der Waals surface area contributed by atoms with Gasteiger partial charge in [-0.15, -0.1) is 6.58 Å². The van der Waals surface area contributed by atoms with Gasteiger partial charge in [0.25, 0.3) is 0 Å². The lowest BCUT2D eigenvalue weighted by Gasteiger charge is -2.54. The van der Waals surface area contributed by atoms with Crippen molar-refractivity contribution < 1.29 is 0 Å². The molecule has 32 heavy (non-hydrogen) atoms. The normalized spacial score (nSPS) is 37.8. The number of benzene rings is 2. The predicted octanol–water partition coefficient (Wildman–Crippen LogP) is 7.91. The molecular weight excluding hydrogens is 404 g/mol. The van der Waals surface area contributed by atoms with Crippen molar-refractivity contribution in [1.82, 2.24) is 0 Å². The van der Waals surface area contributed by atoms with Crippen molar-refractivity contribution >= 4 is 10.0 Å². The molecule has 0 N–H and O–H groups in total. The van der Waals surface area contributed by atoms with Crippen LogP contribution in [0.3, 0.4) is 0 Å². The Morgan fingerprint density at radius 1 is 1.03 bits per heavy atom. The maximum absolute atomic E-state index is 4.31. The van der Waals surface area contributed by atoms with Crippen LogP contribution >= 0.6 is 10.0 Å². The average molecular weight is 437 g/mol. The highest BCUT2D eigenvalue weighted by molar-refractivity contribution is 8.45. The lowest BCUT2D eigenvalue weighted by atomic mass is 9.47. The molecule has 2 heterocycles. The van der Waals surface area contributed by atoms with Crippen molar-refractivity contribution in [2.45, 2.75) is 54.3 Å². The molecule has 1 heteroatoms. The summed E-state index contributed by atoms with van der Waals surface area (Å²) in [6.07, 6.45) is 12.3. The third-order valence-corrected chi connectivity index (χ3v) is 14.7. The Hall–Kier alpha value is -2.25. The lowest BCUT2D eigenvalue weighted by molar-refractivity contribution is 0.151. The monoisotopic (exact) mass is 436 g/mol. The first-order valence-electron chi connectivity index (χ1n) is 12.3. The van der Waals surface area contributed by atoms with E-state index in [1.54, 1.807) is 22.3 Å². The summed E-state index contributed by atoms with van der Waals surface area (Å²) in [5.74, 6) is 1.32. The maximum atomic E-state index is 4.31. The van der Waals surface area contributed by atoms with E-state index in [9.17, 15) is 0 Å². The van der Waals surface area contributed by atoms with Crippen LogP contribution in [-0.4, -0.2) is 15.2 Å². The fraction of sp³-hybridized carbons (Fsp3) is 0.355. The number of fused-ring (bicyclic) bond motifs is 11. The van der Waals surface area contributed by atoms with Gasteiger partial charge in [0.05, 0.1) is 0 Å². The molecule has 0 radical (unpaired) electrons. The second-order valence-corrected chi connectivity index (χ2v) is 14.2. The first-order chi connectivity index (χ1) is 15.6. The van der Waals surface area contributed by atoms with Crippen LogP contribution in [0.2, 0.25) is 0 Å². The van der Waals surface area contributed by atoms with Crippen LogP contribution < -0.4 is 0 Å². The zero-order valence-corrected chi connectivity index (χ0v) is 20.2. The van der Waals surface area contributed by atoms with Crippen molar-refractivity contribution in [2.24, 2.45) is 11.8 Å². The van der Waals surface area contributed by atoms with E-state index in [4.69, 9.17) is 0 Å². The van der Waals surface area contributed by atoms with Gasteiger partial charge in [-0.3, -0.25) is 0 Å². The Balaban J connectivity index is 1.52. The molecule has 0 aromatic heterocycles. The highest BCUT2D eigenvalue weighted by Crippen LogP contribution is 3.03. The largest absolute Gasteiger partial charge is 0.198 e. The molecule has 2 aliphatic heterocycles. The Labute approximate surface area is 194 Å². The summed E-state index contributed by atoms with van der Waals surface area (Å²) < 4.78 is 0.310. The van der Waals surface area contributed by atoms with Gasteiger partial charge in [0, 0.05) is 20.7 Å². The van der Waals surface area contributed by atoms with Gasteiger partial charge >= 0.3 is 0 Å². The molecule has 162 valence electrons. The zero-order valence-electron chi connectivity index (χ0n) is 19.3. The smallest absolute Gasteiger partial charge is 0.0402 e. The van der Waals surface area contributed by atoms with Crippen molar-refractivity contribution in [1.29, 1.82) is 0 Å². The number of hydrogen-bond acceptors (Lipinski definition) is 0. The molecule has 0 nitrogen and oxygen atoms in total. The van der Waals surface area contributed by atoms with Gasteiger partial charge in [0.1, 0.15) is 0 Å². The Morgan fingerprint density at radius 3 is 2.28 bits per heavy atom. The fourth-order valence-corrected chi connectivity index (χ4v) is 15.4. The van der Waals surface area contributed by atoms with Gasteiger partial charge in [-0.05, 0) is 57.1 Å². The van der Waals surface area contributed by atoms with Crippen LogP contribution in [0.4, 0.5) is 0 Å². The summed E-state index contributed by atoms with van der Waals surface area (Å²) in [5, 5.41) is 4.16. The predicted molar refractivity (Wildman–Crippen MR) is 139 cm³/mol. The molecule has 0 bridgehead atoms. The highest BCUT2D eigenvalue weighted by Gasteiger charge is 2.93. The Morgan fingerprint density at radius 2 is 1.69 bits per heavy atom.